The van der Waals surface area contributed by atoms with Crippen molar-refractivity contribution in [2.45, 2.75) is 33.2 Å². The van der Waals surface area contributed by atoms with E-state index < -0.39 is 5.91 Å². The maximum atomic E-state index is 13.0. The van der Waals surface area contributed by atoms with E-state index >= 15 is 0 Å². The van der Waals surface area contributed by atoms with E-state index in [0.29, 0.717) is 17.8 Å². The third-order valence-electron chi connectivity index (χ3n) is 4.81. The predicted molar refractivity (Wildman–Crippen MR) is 121 cm³/mol. The SMILES string of the molecule is CCn1cc(C(=O)Nc2nn[nH]n2)c(=O)c2ccc(/C=C/c3nc(C(C)C)cs3)cc21. The van der Waals surface area contributed by atoms with Crippen molar-refractivity contribution in [1.29, 1.82) is 0 Å². The minimum Gasteiger partial charge on any atom is -0.347 e. The van der Waals surface area contributed by atoms with Crippen LogP contribution in [0.25, 0.3) is 23.1 Å². The lowest BCUT2D eigenvalue weighted by Crippen LogP contribution is -2.24. The second kappa shape index (κ2) is 8.60. The Bertz CT molecular complexity index is 1320. The molecule has 4 rings (SSSR count). The van der Waals surface area contributed by atoms with Crippen molar-refractivity contribution in [2.24, 2.45) is 0 Å². The van der Waals surface area contributed by atoms with E-state index in [2.05, 4.69) is 50.2 Å². The van der Waals surface area contributed by atoms with Crippen LogP contribution < -0.4 is 10.7 Å². The summed E-state index contributed by atoms with van der Waals surface area (Å²) < 4.78 is 1.87. The smallest absolute Gasteiger partial charge is 0.270 e. The molecule has 158 valence electrons. The number of benzene rings is 1. The third-order valence-corrected chi connectivity index (χ3v) is 5.64. The monoisotopic (exact) mass is 435 g/mol. The molecule has 2 N–H and O–H groups in total. The van der Waals surface area contributed by atoms with Crippen LogP contribution in [0.15, 0.2) is 34.6 Å². The number of carbonyl (C=O) groups is 1. The Balaban J connectivity index is 1.68. The number of rotatable bonds is 6. The summed E-state index contributed by atoms with van der Waals surface area (Å²) in [7, 11) is 0. The van der Waals surface area contributed by atoms with Crippen molar-refractivity contribution in [2.75, 3.05) is 5.32 Å². The van der Waals surface area contributed by atoms with Crippen molar-refractivity contribution < 1.29 is 4.79 Å². The number of pyridine rings is 1. The number of hydrogen-bond acceptors (Lipinski definition) is 7. The van der Waals surface area contributed by atoms with Crippen LogP contribution in [-0.4, -0.2) is 36.1 Å². The maximum Gasteiger partial charge on any atom is 0.270 e. The summed E-state index contributed by atoms with van der Waals surface area (Å²) in [6.07, 6.45) is 5.51. The van der Waals surface area contributed by atoms with E-state index in [4.69, 9.17) is 0 Å². The highest BCUT2D eigenvalue weighted by molar-refractivity contribution is 7.10. The molecule has 0 saturated heterocycles. The van der Waals surface area contributed by atoms with Crippen molar-refractivity contribution >= 4 is 46.2 Å². The molecule has 31 heavy (non-hydrogen) atoms. The van der Waals surface area contributed by atoms with Gasteiger partial charge in [0.2, 0.25) is 5.43 Å². The van der Waals surface area contributed by atoms with Crippen LogP contribution in [0.5, 0.6) is 0 Å². The van der Waals surface area contributed by atoms with Crippen LogP contribution >= 0.6 is 11.3 Å². The molecule has 0 atom stereocenters. The Hall–Kier alpha value is -3.66. The molecule has 0 bridgehead atoms. The van der Waals surface area contributed by atoms with Crippen LogP contribution in [0.4, 0.5) is 5.95 Å². The quantitative estimate of drug-likeness (QED) is 0.478. The van der Waals surface area contributed by atoms with Crippen LogP contribution in [0.2, 0.25) is 0 Å². The first-order valence-corrected chi connectivity index (χ1v) is 10.7. The molecule has 0 unspecified atom stereocenters. The molecule has 4 aromatic rings. The number of H-pyrrole nitrogens is 1. The topological polar surface area (TPSA) is 118 Å². The van der Waals surface area contributed by atoms with E-state index in [1.807, 2.05) is 35.8 Å². The predicted octanol–water partition coefficient (Wildman–Crippen LogP) is 3.54. The number of aromatic nitrogens is 6. The molecule has 9 nitrogen and oxygen atoms in total. The Morgan fingerprint density at radius 2 is 2.16 bits per heavy atom. The van der Waals surface area contributed by atoms with Gasteiger partial charge in [0.05, 0.1) is 11.2 Å². The molecule has 1 amide bonds. The van der Waals surface area contributed by atoms with Crippen LogP contribution in [0, 0.1) is 0 Å². The normalized spacial score (nSPS) is 11.6. The molecular formula is C21H21N7O2S. The fraction of sp³-hybridized carbons (Fsp3) is 0.238. The van der Waals surface area contributed by atoms with Crippen LogP contribution in [-0.2, 0) is 6.54 Å². The summed E-state index contributed by atoms with van der Waals surface area (Å²) in [5.41, 5.74) is 2.45. The molecule has 0 spiro atoms. The number of anilines is 1. The van der Waals surface area contributed by atoms with Gasteiger partial charge in [-0.1, -0.05) is 31.1 Å². The summed E-state index contributed by atoms with van der Waals surface area (Å²) in [4.78, 5) is 30.1. The molecule has 0 aliphatic heterocycles. The van der Waals surface area contributed by atoms with E-state index in [1.54, 1.807) is 23.6 Å². The standard InChI is InChI=1S/C21H21N7O2S/c1-4-28-10-15(20(30)23-21-24-26-27-25-21)19(29)14-7-5-13(9-17(14)28)6-8-18-22-16(11-31-18)12(2)3/h5-12H,4H2,1-3H3,(H2,23,24,25,26,27,30)/b8-6+. The van der Waals surface area contributed by atoms with Gasteiger partial charge in [0.1, 0.15) is 10.6 Å². The highest BCUT2D eigenvalue weighted by atomic mass is 32.1. The van der Waals surface area contributed by atoms with Crippen molar-refractivity contribution in [3.05, 3.63) is 61.8 Å². The van der Waals surface area contributed by atoms with Gasteiger partial charge in [-0.2, -0.15) is 5.21 Å². The number of tetrazole rings is 1. The van der Waals surface area contributed by atoms with Crippen molar-refractivity contribution in [1.82, 2.24) is 30.2 Å². The van der Waals surface area contributed by atoms with E-state index in [9.17, 15) is 9.59 Å². The molecule has 3 heterocycles. The number of aromatic amines is 1. The second-order valence-electron chi connectivity index (χ2n) is 7.22. The zero-order valence-corrected chi connectivity index (χ0v) is 18.1. The molecule has 0 saturated carbocycles. The Labute approximate surface area is 181 Å². The first-order chi connectivity index (χ1) is 15.0. The van der Waals surface area contributed by atoms with Gasteiger partial charge >= 0.3 is 0 Å². The number of thiazole rings is 1. The summed E-state index contributed by atoms with van der Waals surface area (Å²) >= 11 is 1.60. The van der Waals surface area contributed by atoms with Crippen molar-refractivity contribution in [3.63, 3.8) is 0 Å². The lowest BCUT2D eigenvalue weighted by Gasteiger charge is -2.12. The van der Waals surface area contributed by atoms with E-state index in [0.717, 1.165) is 21.8 Å². The van der Waals surface area contributed by atoms with Gasteiger partial charge in [-0.3, -0.25) is 14.9 Å². The molecule has 0 aliphatic rings. The van der Waals surface area contributed by atoms with Gasteiger partial charge in [0, 0.05) is 23.5 Å². The molecule has 0 radical (unpaired) electrons. The average molecular weight is 436 g/mol. The first kappa shape index (κ1) is 20.6. The number of nitrogens with zero attached hydrogens (tertiary/aromatic N) is 5. The minimum atomic E-state index is -0.579. The lowest BCUT2D eigenvalue weighted by atomic mass is 10.1. The van der Waals surface area contributed by atoms with Gasteiger partial charge < -0.3 is 4.57 Å². The Kier molecular flexibility index (Phi) is 5.72. The Morgan fingerprint density at radius 3 is 2.84 bits per heavy atom. The fourth-order valence-electron chi connectivity index (χ4n) is 3.13. The number of carbonyl (C=O) groups excluding carboxylic acids is 1. The van der Waals surface area contributed by atoms with Crippen LogP contribution in [0.3, 0.4) is 0 Å². The zero-order valence-electron chi connectivity index (χ0n) is 17.3. The molecule has 10 heteroatoms. The number of aryl methyl sites for hydroxylation is 1. The summed E-state index contributed by atoms with van der Waals surface area (Å²) in [5.74, 6) is -0.176. The first-order valence-electron chi connectivity index (χ1n) is 9.81. The minimum absolute atomic E-state index is 0.0100. The number of fused-ring (bicyclic) bond motifs is 1. The zero-order chi connectivity index (χ0) is 22.0. The highest BCUT2D eigenvalue weighted by Crippen LogP contribution is 2.21. The molecule has 0 fully saturated rings. The summed E-state index contributed by atoms with van der Waals surface area (Å²) in [6, 6.07) is 5.54. The van der Waals surface area contributed by atoms with Gasteiger partial charge in [-0.25, -0.2) is 4.98 Å². The van der Waals surface area contributed by atoms with E-state index in [1.165, 1.54) is 0 Å². The average Bonchev–Trinajstić information content (AvgIpc) is 3.44. The molecular weight excluding hydrogens is 414 g/mol. The summed E-state index contributed by atoms with van der Waals surface area (Å²) in [6.45, 7) is 6.78. The van der Waals surface area contributed by atoms with Gasteiger partial charge in [-0.15, -0.1) is 16.4 Å². The number of hydrogen-bond donors (Lipinski definition) is 2. The number of amides is 1. The van der Waals surface area contributed by atoms with E-state index in [-0.39, 0.29) is 16.9 Å². The largest absolute Gasteiger partial charge is 0.347 e. The Morgan fingerprint density at radius 1 is 1.32 bits per heavy atom. The van der Waals surface area contributed by atoms with Gasteiger partial charge in [-0.05, 0) is 41.8 Å². The second-order valence-corrected chi connectivity index (χ2v) is 8.11. The molecule has 0 aliphatic carbocycles. The third kappa shape index (κ3) is 4.29. The van der Waals surface area contributed by atoms with Gasteiger partial charge in [0.25, 0.3) is 11.9 Å². The van der Waals surface area contributed by atoms with Gasteiger partial charge in [0.15, 0.2) is 0 Å². The lowest BCUT2D eigenvalue weighted by molar-refractivity contribution is 0.102. The summed E-state index contributed by atoms with van der Waals surface area (Å²) in [5, 5.41) is 19.0. The fourth-order valence-corrected chi connectivity index (χ4v) is 4.00. The highest BCUT2D eigenvalue weighted by Gasteiger charge is 2.17. The molecule has 1 aromatic carbocycles. The van der Waals surface area contributed by atoms with Crippen molar-refractivity contribution in [3.8, 4) is 0 Å². The molecule has 3 aromatic heterocycles. The maximum absolute atomic E-state index is 13.0. The number of nitrogens with one attached hydrogen (secondary N) is 2. The van der Waals surface area contributed by atoms with Crippen LogP contribution in [0.1, 0.15) is 53.3 Å².